The fraction of sp³-hybridized carbons (Fsp3) is 0.0667. The first-order valence-electron chi connectivity index (χ1n) is 6.02. The Labute approximate surface area is 116 Å². The molecule has 102 valence electrons. The lowest BCUT2D eigenvalue weighted by Crippen LogP contribution is -2.11. The number of hydrogen-bond acceptors (Lipinski definition) is 3. The molecule has 2 rings (SSSR count). The molecule has 0 aliphatic rings. The summed E-state index contributed by atoms with van der Waals surface area (Å²) < 4.78 is 0. The summed E-state index contributed by atoms with van der Waals surface area (Å²) in [6, 6.07) is 13.5. The van der Waals surface area contributed by atoms with E-state index in [1.165, 1.54) is 0 Å². The molecule has 0 atom stereocenters. The van der Waals surface area contributed by atoms with Crippen LogP contribution in [0.25, 0.3) is 0 Å². The van der Waals surface area contributed by atoms with Crippen LogP contribution in [0.1, 0.15) is 26.3 Å². The van der Waals surface area contributed by atoms with Gasteiger partial charge in [-0.15, -0.1) is 0 Å². The third-order valence-corrected chi connectivity index (χ3v) is 2.82. The van der Waals surface area contributed by atoms with Crippen molar-refractivity contribution in [2.24, 2.45) is 5.73 Å². The number of nitrogens with one attached hydrogen (secondary N) is 1. The van der Waals surface area contributed by atoms with Gasteiger partial charge in [0, 0.05) is 17.8 Å². The van der Waals surface area contributed by atoms with Crippen molar-refractivity contribution in [2.75, 3.05) is 5.32 Å². The standard InChI is InChI=1S/C15H14N2O3/c16-14(18)11-4-2-6-13(8-11)17-9-10-3-1-5-12(7-10)15(19)20/h1-8,17H,9H2,(H2,16,18)(H,19,20). The van der Waals surface area contributed by atoms with Gasteiger partial charge in [0.1, 0.15) is 0 Å². The maximum Gasteiger partial charge on any atom is 0.335 e. The molecule has 0 fully saturated rings. The van der Waals surface area contributed by atoms with Crippen molar-refractivity contribution < 1.29 is 14.7 Å². The van der Waals surface area contributed by atoms with Crippen LogP contribution in [0, 0.1) is 0 Å². The lowest BCUT2D eigenvalue weighted by molar-refractivity contribution is 0.0696. The number of primary amides is 1. The van der Waals surface area contributed by atoms with Crippen molar-refractivity contribution in [1.29, 1.82) is 0 Å². The van der Waals surface area contributed by atoms with Gasteiger partial charge in [-0.25, -0.2) is 4.79 Å². The summed E-state index contributed by atoms with van der Waals surface area (Å²) in [7, 11) is 0. The van der Waals surface area contributed by atoms with E-state index >= 15 is 0 Å². The first kappa shape index (κ1) is 13.6. The van der Waals surface area contributed by atoms with E-state index in [9.17, 15) is 9.59 Å². The smallest absolute Gasteiger partial charge is 0.335 e. The molecule has 0 saturated heterocycles. The SMILES string of the molecule is NC(=O)c1cccc(NCc2cccc(C(=O)O)c2)c1. The number of hydrogen-bond donors (Lipinski definition) is 3. The molecule has 20 heavy (non-hydrogen) atoms. The van der Waals surface area contributed by atoms with Gasteiger partial charge in [-0.1, -0.05) is 18.2 Å². The summed E-state index contributed by atoms with van der Waals surface area (Å²) in [5.74, 6) is -1.44. The van der Waals surface area contributed by atoms with Crippen molar-refractivity contribution >= 4 is 17.6 Å². The minimum atomic E-state index is -0.956. The zero-order chi connectivity index (χ0) is 14.5. The van der Waals surface area contributed by atoms with E-state index in [0.717, 1.165) is 11.3 Å². The quantitative estimate of drug-likeness (QED) is 0.775. The molecule has 0 radical (unpaired) electrons. The second-order valence-electron chi connectivity index (χ2n) is 4.30. The summed E-state index contributed by atoms with van der Waals surface area (Å²) in [4.78, 5) is 22.0. The van der Waals surface area contributed by atoms with Crippen molar-refractivity contribution in [1.82, 2.24) is 0 Å². The van der Waals surface area contributed by atoms with Gasteiger partial charge < -0.3 is 16.2 Å². The fourth-order valence-corrected chi connectivity index (χ4v) is 1.80. The van der Waals surface area contributed by atoms with Gasteiger partial charge in [0.15, 0.2) is 0 Å². The topological polar surface area (TPSA) is 92.4 Å². The fourth-order valence-electron chi connectivity index (χ4n) is 1.80. The molecule has 0 heterocycles. The van der Waals surface area contributed by atoms with Gasteiger partial charge in [0.05, 0.1) is 5.56 Å². The van der Waals surface area contributed by atoms with E-state index in [4.69, 9.17) is 10.8 Å². The molecule has 0 spiro atoms. The molecule has 0 aliphatic heterocycles. The first-order valence-corrected chi connectivity index (χ1v) is 6.02. The van der Waals surface area contributed by atoms with E-state index in [0.29, 0.717) is 12.1 Å². The Kier molecular flexibility index (Phi) is 4.00. The molecular weight excluding hydrogens is 256 g/mol. The predicted molar refractivity (Wildman–Crippen MR) is 75.7 cm³/mol. The molecule has 0 unspecified atom stereocenters. The van der Waals surface area contributed by atoms with Gasteiger partial charge in [0.2, 0.25) is 5.91 Å². The Morgan fingerprint density at radius 1 is 1.05 bits per heavy atom. The number of carbonyl (C=O) groups is 2. The highest BCUT2D eigenvalue weighted by Crippen LogP contribution is 2.13. The van der Waals surface area contributed by atoms with Crippen LogP contribution in [0.3, 0.4) is 0 Å². The molecular formula is C15H14N2O3. The molecule has 2 aromatic carbocycles. The van der Waals surface area contributed by atoms with Gasteiger partial charge in [0.25, 0.3) is 0 Å². The van der Waals surface area contributed by atoms with E-state index in [1.54, 1.807) is 36.4 Å². The molecule has 1 amide bonds. The number of carbonyl (C=O) groups excluding carboxylic acids is 1. The summed E-state index contributed by atoms with van der Waals surface area (Å²) in [5, 5.41) is 12.0. The van der Waals surface area contributed by atoms with E-state index in [1.807, 2.05) is 12.1 Å². The number of rotatable bonds is 5. The van der Waals surface area contributed by atoms with Crippen molar-refractivity contribution in [2.45, 2.75) is 6.54 Å². The molecule has 0 aromatic heterocycles. The first-order chi connectivity index (χ1) is 9.56. The van der Waals surface area contributed by atoms with Crippen LogP contribution < -0.4 is 11.1 Å². The average molecular weight is 270 g/mol. The normalized spacial score (nSPS) is 10.0. The number of aromatic carboxylic acids is 1. The summed E-state index contributed by atoms with van der Waals surface area (Å²) in [5.41, 5.74) is 7.48. The van der Waals surface area contributed by atoms with E-state index in [2.05, 4.69) is 5.32 Å². The van der Waals surface area contributed by atoms with E-state index < -0.39 is 11.9 Å². The average Bonchev–Trinajstić information content (AvgIpc) is 2.45. The Morgan fingerprint density at radius 2 is 1.75 bits per heavy atom. The van der Waals surface area contributed by atoms with E-state index in [-0.39, 0.29) is 5.56 Å². The van der Waals surface area contributed by atoms with Gasteiger partial charge in [-0.3, -0.25) is 4.79 Å². The van der Waals surface area contributed by atoms with Gasteiger partial charge in [-0.2, -0.15) is 0 Å². The largest absolute Gasteiger partial charge is 0.478 e. The van der Waals surface area contributed by atoms with Crippen LogP contribution in [-0.4, -0.2) is 17.0 Å². The second-order valence-corrected chi connectivity index (χ2v) is 4.30. The molecule has 2 aromatic rings. The van der Waals surface area contributed by atoms with Crippen molar-refractivity contribution in [3.8, 4) is 0 Å². The molecule has 0 aliphatic carbocycles. The maximum absolute atomic E-state index is 11.1. The second kappa shape index (κ2) is 5.88. The van der Waals surface area contributed by atoms with Crippen LogP contribution in [0.5, 0.6) is 0 Å². The monoisotopic (exact) mass is 270 g/mol. The number of anilines is 1. The van der Waals surface area contributed by atoms with Crippen molar-refractivity contribution in [3.05, 3.63) is 65.2 Å². The molecule has 5 heteroatoms. The molecule has 4 N–H and O–H groups in total. The van der Waals surface area contributed by atoms with Crippen molar-refractivity contribution in [3.63, 3.8) is 0 Å². The van der Waals surface area contributed by atoms with Crippen LogP contribution in [0.15, 0.2) is 48.5 Å². The Balaban J connectivity index is 2.08. The molecule has 0 bridgehead atoms. The van der Waals surface area contributed by atoms with Crippen LogP contribution in [-0.2, 0) is 6.54 Å². The number of nitrogens with two attached hydrogens (primary N) is 1. The van der Waals surface area contributed by atoms with Crippen LogP contribution in [0.4, 0.5) is 5.69 Å². The summed E-state index contributed by atoms with van der Waals surface area (Å²) in [6.07, 6.45) is 0. The number of carboxylic acid groups (broad SMARTS) is 1. The zero-order valence-electron chi connectivity index (χ0n) is 10.7. The summed E-state index contributed by atoms with van der Waals surface area (Å²) >= 11 is 0. The van der Waals surface area contributed by atoms with Crippen LogP contribution >= 0.6 is 0 Å². The number of carboxylic acids is 1. The lowest BCUT2D eigenvalue weighted by Gasteiger charge is -2.08. The Bertz CT molecular complexity index is 596. The van der Waals surface area contributed by atoms with Gasteiger partial charge >= 0.3 is 5.97 Å². The lowest BCUT2D eigenvalue weighted by atomic mass is 10.1. The Morgan fingerprint density at radius 3 is 2.45 bits per heavy atom. The maximum atomic E-state index is 11.1. The van der Waals surface area contributed by atoms with Crippen LogP contribution in [0.2, 0.25) is 0 Å². The number of amides is 1. The third kappa shape index (κ3) is 3.35. The minimum Gasteiger partial charge on any atom is -0.478 e. The highest BCUT2D eigenvalue weighted by Gasteiger charge is 2.04. The highest BCUT2D eigenvalue weighted by molar-refractivity contribution is 5.93. The predicted octanol–water partition coefficient (Wildman–Crippen LogP) is 2.10. The van der Waals surface area contributed by atoms with Gasteiger partial charge in [-0.05, 0) is 35.9 Å². The highest BCUT2D eigenvalue weighted by atomic mass is 16.4. The molecule has 5 nitrogen and oxygen atoms in total. The minimum absolute atomic E-state index is 0.246. The summed E-state index contributed by atoms with van der Waals surface area (Å²) in [6.45, 7) is 0.462. The zero-order valence-corrected chi connectivity index (χ0v) is 10.7. The third-order valence-electron chi connectivity index (χ3n) is 2.82. The Hall–Kier alpha value is -2.82. The number of benzene rings is 2. The molecule has 0 saturated carbocycles.